The van der Waals surface area contributed by atoms with Crippen molar-refractivity contribution in [1.29, 1.82) is 0 Å². The van der Waals surface area contributed by atoms with Gasteiger partial charge in [0.2, 0.25) is 5.91 Å². The van der Waals surface area contributed by atoms with Crippen LogP contribution in [-0.4, -0.2) is 43.6 Å². The zero-order chi connectivity index (χ0) is 13.9. The van der Waals surface area contributed by atoms with Crippen LogP contribution in [0.4, 0.5) is 10.1 Å². The summed E-state index contributed by atoms with van der Waals surface area (Å²) in [7, 11) is 4.92. The number of carbonyl (C=O) groups is 1. The van der Waals surface area contributed by atoms with Gasteiger partial charge in [-0.1, -0.05) is 12.1 Å². The van der Waals surface area contributed by atoms with E-state index >= 15 is 0 Å². The number of nitrogens with zero attached hydrogens (tertiary/aromatic N) is 2. The number of aliphatic hydroxyl groups excluding tert-OH is 1. The molecule has 0 radical (unpaired) electrons. The van der Waals surface area contributed by atoms with Crippen molar-refractivity contribution in [2.75, 3.05) is 32.6 Å². The van der Waals surface area contributed by atoms with Crippen LogP contribution in [0.3, 0.4) is 0 Å². The van der Waals surface area contributed by atoms with E-state index in [0.717, 1.165) is 0 Å². The minimum Gasteiger partial charge on any atom is -0.389 e. The molecule has 18 heavy (non-hydrogen) atoms. The van der Waals surface area contributed by atoms with Crippen LogP contribution < -0.4 is 4.90 Å². The predicted molar refractivity (Wildman–Crippen MR) is 69.0 cm³/mol. The van der Waals surface area contributed by atoms with Gasteiger partial charge in [-0.2, -0.15) is 0 Å². The molecule has 1 N–H and O–H groups in total. The molecule has 1 atom stereocenters. The molecular formula is C13H19FN2O2. The number of rotatable bonds is 4. The molecule has 1 aromatic rings. The zero-order valence-corrected chi connectivity index (χ0v) is 11.1. The van der Waals surface area contributed by atoms with Gasteiger partial charge in [0.05, 0.1) is 18.3 Å². The summed E-state index contributed by atoms with van der Waals surface area (Å²) >= 11 is 0. The van der Waals surface area contributed by atoms with Crippen molar-refractivity contribution < 1.29 is 14.3 Å². The molecule has 100 valence electrons. The number of carbonyl (C=O) groups excluding carboxylic acids is 1. The molecule has 0 bridgehead atoms. The lowest BCUT2D eigenvalue weighted by Gasteiger charge is -2.25. The Hall–Kier alpha value is -1.62. The molecule has 0 saturated carbocycles. The van der Waals surface area contributed by atoms with Crippen LogP contribution in [0.25, 0.3) is 0 Å². The van der Waals surface area contributed by atoms with Crippen molar-refractivity contribution in [2.24, 2.45) is 0 Å². The number of aliphatic hydroxyl groups is 1. The second kappa shape index (κ2) is 5.82. The SMILES string of the molecule is C[C@H](O)c1cccc(F)c1N(C)CC(=O)N(C)C. The second-order valence-electron chi connectivity index (χ2n) is 4.50. The van der Waals surface area contributed by atoms with Gasteiger partial charge in [-0.15, -0.1) is 0 Å². The first-order valence-electron chi connectivity index (χ1n) is 5.72. The molecule has 1 aromatic carbocycles. The Morgan fingerprint density at radius 2 is 2.00 bits per heavy atom. The van der Waals surface area contributed by atoms with E-state index < -0.39 is 11.9 Å². The van der Waals surface area contributed by atoms with Crippen LogP contribution >= 0.6 is 0 Å². The summed E-state index contributed by atoms with van der Waals surface area (Å²) in [5, 5.41) is 9.63. The lowest BCUT2D eigenvalue weighted by Crippen LogP contribution is -2.35. The molecule has 0 aliphatic rings. The van der Waals surface area contributed by atoms with E-state index in [1.165, 1.54) is 15.9 Å². The fourth-order valence-electron chi connectivity index (χ4n) is 1.70. The van der Waals surface area contributed by atoms with Crippen LogP contribution in [0.15, 0.2) is 18.2 Å². The summed E-state index contributed by atoms with van der Waals surface area (Å²) in [5.41, 5.74) is 0.742. The molecule has 0 spiro atoms. The van der Waals surface area contributed by atoms with E-state index in [1.807, 2.05) is 0 Å². The summed E-state index contributed by atoms with van der Waals surface area (Å²) in [6.45, 7) is 1.63. The van der Waals surface area contributed by atoms with Crippen LogP contribution in [0.2, 0.25) is 0 Å². The minimum atomic E-state index is -0.785. The maximum absolute atomic E-state index is 13.8. The van der Waals surface area contributed by atoms with Crippen molar-refractivity contribution >= 4 is 11.6 Å². The molecule has 1 rings (SSSR count). The topological polar surface area (TPSA) is 43.8 Å². The number of amides is 1. The fraction of sp³-hybridized carbons (Fsp3) is 0.462. The molecule has 0 fully saturated rings. The summed E-state index contributed by atoms with van der Waals surface area (Å²) in [6, 6.07) is 4.51. The maximum atomic E-state index is 13.8. The largest absolute Gasteiger partial charge is 0.389 e. The predicted octanol–water partition coefficient (Wildman–Crippen LogP) is 1.40. The van der Waals surface area contributed by atoms with E-state index in [9.17, 15) is 14.3 Å². The van der Waals surface area contributed by atoms with E-state index in [2.05, 4.69) is 0 Å². The average Bonchev–Trinajstić information content (AvgIpc) is 2.27. The first kappa shape index (κ1) is 14.4. The fourth-order valence-corrected chi connectivity index (χ4v) is 1.70. The lowest BCUT2D eigenvalue weighted by atomic mass is 10.1. The number of halogens is 1. The molecule has 0 aliphatic heterocycles. The van der Waals surface area contributed by atoms with Gasteiger partial charge in [0.15, 0.2) is 0 Å². The second-order valence-corrected chi connectivity index (χ2v) is 4.50. The summed E-state index contributed by atoms with van der Waals surface area (Å²) in [6.07, 6.45) is -0.785. The Labute approximate surface area is 107 Å². The maximum Gasteiger partial charge on any atom is 0.241 e. The smallest absolute Gasteiger partial charge is 0.241 e. The normalized spacial score (nSPS) is 12.1. The molecule has 0 saturated heterocycles. The Kier molecular flexibility index (Phi) is 4.67. The van der Waals surface area contributed by atoms with E-state index in [0.29, 0.717) is 5.56 Å². The zero-order valence-electron chi connectivity index (χ0n) is 11.1. The van der Waals surface area contributed by atoms with E-state index in [1.54, 1.807) is 40.2 Å². The van der Waals surface area contributed by atoms with E-state index in [4.69, 9.17) is 0 Å². The number of hydrogen-bond acceptors (Lipinski definition) is 3. The molecule has 0 aliphatic carbocycles. The number of benzene rings is 1. The van der Waals surface area contributed by atoms with Gasteiger partial charge in [0, 0.05) is 26.7 Å². The highest BCUT2D eigenvalue weighted by atomic mass is 19.1. The van der Waals surface area contributed by atoms with Gasteiger partial charge < -0.3 is 14.9 Å². The first-order chi connectivity index (χ1) is 8.34. The highest BCUT2D eigenvalue weighted by molar-refractivity contribution is 5.81. The Morgan fingerprint density at radius 1 is 1.39 bits per heavy atom. The van der Waals surface area contributed by atoms with Gasteiger partial charge in [0.1, 0.15) is 5.82 Å². The highest BCUT2D eigenvalue weighted by Crippen LogP contribution is 2.28. The quantitative estimate of drug-likeness (QED) is 0.883. The van der Waals surface area contributed by atoms with Gasteiger partial charge >= 0.3 is 0 Å². The monoisotopic (exact) mass is 254 g/mol. The van der Waals surface area contributed by atoms with Crippen molar-refractivity contribution in [2.45, 2.75) is 13.0 Å². The Bertz CT molecular complexity index is 433. The van der Waals surface area contributed by atoms with Crippen molar-refractivity contribution in [1.82, 2.24) is 4.90 Å². The third kappa shape index (κ3) is 3.20. The number of likely N-dealkylation sites (N-methyl/N-ethyl adjacent to an activating group) is 2. The minimum absolute atomic E-state index is 0.0631. The standard InChI is InChI=1S/C13H19FN2O2/c1-9(17)10-6-5-7-11(14)13(10)16(4)8-12(18)15(2)3/h5-7,9,17H,8H2,1-4H3/t9-/m0/s1. The van der Waals surface area contributed by atoms with Gasteiger partial charge in [-0.25, -0.2) is 4.39 Å². The first-order valence-corrected chi connectivity index (χ1v) is 5.72. The average molecular weight is 254 g/mol. The summed E-state index contributed by atoms with van der Waals surface area (Å²) in [4.78, 5) is 14.6. The van der Waals surface area contributed by atoms with Gasteiger partial charge in [0.25, 0.3) is 0 Å². The Morgan fingerprint density at radius 3 is 2.50 bits per heavy atom. The molecule has 5 heteroatoms. The molecule has 0 unspecified atom stereocenters. The van der Waals surface area contributed by atoms with Crippen LogP contribution in [-0.2, 0) is 4.79 Å². The summed E-state index contributed by atoms with van der Waals surface area (Å²) < 4.78 is 13.8. The highest BCUT2D eigenvalue weighted by Gasteiger charge is 2.18. The summed E-state index contributed by atoms with van der Waals surface area (Å²) in [5.74, 6) is -0.570. The van der Waals surface area contributed by atoms with Gasteiger partial charge in [-0.3, -0.25) is 4.79 Å². The molecular weight excluding hydrogens is 235 g/mol. The molecule has 1 amide bonds. The molecule has 0 heterocycles. The Balaban J connectivity index is 3.04. The number of anilines is 1. The van der Waals surface area contributed by atoms with Gasteiger partial charge in [-0.05, 0) is 13.0 Å². The lowest BCUT2D eigenvalue weighted by molar-refractivity contribution is -0.127. The third-order valence-electron chi connectivity index (χ3n) is 2.72. The van der Waals surface area contributed by atoms with Crippen LogP contribution in [0.1, 0.15) is 18.6 Å². The van der Waals surface area contributed by atoms with Crippen molar-refractivity contribution in [3.8, 4) is 0 Å². The van der Waals surface area contributed by atoms with Crippen molar-refractivity contribution in [3.63, 3.8) is 0 Å². The number of para-hydroxylation sites is 1. The molecule has 4 nitrogen and oxygen atoms in total. The van der Waals surface area contributed by atoms with Crippen LogP contribution in [0, 0.1) is 5.82 Å². The van der Waals surface area contributed by atoms with Crippen molar-refractivity contribution in [3.05, 3.63) is 29.6 Å². The third-order valence-corrected chi connectivity index (χ3v) is 2.72. The van der Waals surface area contributed by atoms with E-state index in [-0.39, 0.29) is 18.1 Å². The van der Waals surface area contributed by atoms with Crippen LogP contribution in [0.5, 0.6) is 0 Å². The number of hydrogen-bond donors (Lipinski definition) is 1. The molecule has 0 aromatic heterocycles.